The average Bonchev–Trinajstić information content (AvgIpc) is 3.14. The molecule has 0 aliphatic carbocycles. The maximum atomic E-state index is 13.7. The normalized spacial score (nSPS) is 10.7. The van der Waals surface area contributed by atoms with Crippen LogP contribution in [0.25, 0.3) is 22.7 Å². The van der Waals surface area contributed by atoms with Crippen LogP contribution in [0, 0.1) is 12.7 Å². The second kappa shape index (κ2) is 7.76. The smallest absolute Gasteiger partial charge is 0.260 e. The van der Waals surface area contributed by atoms with E-state index in [1.807, 2.05) is 19.1 Å². The van der Waals surface area contributed by atoms with Crippen LogP contribution in [-0.2, 0) is 0 Å². The summed E-state index contributed by atoms with van der Waals surface area (Å²) in [7, 11) is 0. The lowest BCUT2D eigenvalue weighted by Crippen LogP contribution is -2.34. The van der Waals surface area contributed by atoms with Crippen LogP contribution in [0.3, 0.4) is 0 Å². The van der Waals surface area contributed by atoms with Crippen LogP contribution in [0.4, 0.5) is 10.1 Å². The Morgan fingerprint density at radius 3 is 2.72 bits per heavy atom. The summed E-state index contributed by atoms with van der Waals surface area (Å²) in [6.07, 6.45) is 1.66. The quantitative estimate of drug-likeness (QED) is 0.489. The molecule has 6 nitrogen and oxygen atoms in total. The molecule has 0 radical (unpaired) electrons. The van der Waals surface area contributed by atoms with Crippen molar-refractivity contribution >= 4 is 40.2 Å². The Hall–Kier alpha value is -3.65. The summed E-state index contributed by atoms with van der Waals surface area (Å²) in [5.74, 6) is -0.765. The minimum absolute atomic E-state index is 0.0696. The molecule has 29 heavy (non-hydrogen) atoms. The summed E-state index contributed by atoms with van der Waals surface area (Å²) in [6, 6.07) is 14.8. The monoisotopic (exact) mass is 406 g/mol. The van der Waals surface area contributed by atoms with Crippen molar-refractivity contribution in [3.8, 4) is 11.5 Å². The van der Waals surface area contributed by atoms with Crippen LogP contribution in [0.5, 0.6) is 0 Å². The molecule has 144 valence electrons. The van der Waals surface area contributed by atoms with Crippen molar-refractivity contribution < 1.29 is 13.6 Å². The Kier molecular flexibility index (Phi) is 5.01. The van der Waals surface area contributed by atoms with Crippen molar-refractivity contribution in [1.29, 1.82) is 0 Å². The number of fused-ring (bicyclic) bond motifs is 1. The Morgan fingerprint density at radius 2 is 1.97 bits per heavy atom. The van der Waals surface area contributed by atoms with Crippen LogP contribution in [-0.4, -0.2) is 21.0 Å². The van der Waals surface area contributed by atoms with Crippen molar-refractivity contribution in [3.05, 3.63) is 77.7 Å². The SMILES string of the molecule is Cc1cc(-c2nc3ncccc3o2)ccc1NC(=S)NC(=O)c1ccccc1F. The van der Waals surface area contributed by atoms with Gasteiger partial charge in [0.15, 0.2) is 16.3 Å². The van der Waals surface area contributed by atoms with Crippen molar-refractivity contribution in [2.75, 3.05) is 5.32 Å². The topological polar surface area (TPSA) is 80.1 Å². The lowest BCUT2D eigenvalue weighted by Gasteiger charge is -2.12. The molecule has 2 heterocycles. The molecule has 0 spiro atoms. The maximum absolute atomic E-state index is 13.7. The fourth-order valence-electron chi connectivity index (χ4n) is 2.80. The Balaban J connectivity index is 1.49. The summed E-state index contributed by atoms with van der Waals surface area (Å²) < 4.78 is 19.5. The number of aromatic nitrogens is 2. The molecule has 0 fully saturated rings. The molecule has 4 aromatic rings. The number of anilines is 1. The molecule has 0 aliphatic heterocycles. The number of oxazole rings is 1. The minimum Gasteiger partial charge on any atom is -0.434 e. The second-order valence-electron chi connectivity index (χ2n) is 6.26. The lowest BCUT2D eigenvalue weighted by molar-refractivity contribution is 0.0974. The zero-order valence-electron chi connectivity index (χ0n) is 15.3. The van der Waals surface area contributed by atoms with Gasteiger partial charge in [0.1, 0.15) is 5.82 Å². The van der Waals surface area contributed by atoms with Crippen molar-refractivity contribution in [2.45, 2.75) is 6.92 Å². The number of carbonyl (C=O) groups excluding carboxylic acids is 1. The number of nitrogens with one attached hydrogen (secondary N) is 2. The van der Waals surface area contributed by atoms with Gasteiger partial charge >= 0.3 is 0 Å². The second-order valence-corrected chi connectivity index (χ2v) is 6.67. The fourth-order valence-corrected chi connectivity index (χ4v) is 3.00. The average molecular weight is 406 g/mol. The van der Waals surface area contributed by atoms with E-state index >= 15 is 0 Å². The molecule has 0 bridgehead atoms. The van der Waals surface area contributed by atoms with Gasteiger partial charge < -0.3 is 9.73 Å². The number of benzene rings is 2. The van der Waals surface area contributed by atoms with Gasteiger partial charge in [0.05, 0.1) is 5.56 Å². The molecule has 2 aromatic carbocycles. The zero-order chi connectivity index (χ0) is 20.4. The van der Waals surface area contributed by atoms with Crippen LogP contribution in [0.2, 0.25) is 0 Å². The summed E-state index contributed by atoms with van der Waals surface area (Å²) in [4.78, 5) is 20.7. The number of hydrogen-bond donors (Lipinski definition) is 2. The Morgan fingerprint density at radius 1 is 1.14 bits per heavy atom. The molecule has 1 amide bonds. The number of pyridine rings is 1. The number of halogens is 1. The highest BCUT2D eigenvalue weighted by atomic mass is 32.1. The van der Waals surface area contributed by atoms with Gasteiger partial charge in [0.25, 0.3) is 5.91 Å². The van der Waals surface area contributed by atoms with Crippen LogP contribution in [0.15, 0.2) is 65.2 Å². The molecule has 2 aromatic heterocycles. The first-order chi connectivity index (χ1) is 14.0. The highest BCUT2D eigenvalue weighted by Gasteiger charge is 2.14. The van der Waals surface area contributed by atoms with E-state index in [-0.39, 0.29) is 10.7 Å². The van der Waals surface area contributed by atoms with Crippen molar-refractivity contribution in [3.63, 3.8) is 0 Å². The third-order valence-corrected chi connectivity index (χ3v) is 4.44. The molecule has 0 unspecified atom stereocenters. The summed E-state index contributed by atoms with van der Waals surface area (Å²) in [5, 5.41) is 5.50. The highest BCUT2D eigenvalue weighted by molar-refractivity contribution is 7.80. The minimum atomic E-state index is -0.617. The number of amides is 1. The first-order valence-electron chi connectivity index (χ1n) is 8.71. The van der Waals surface area contributed by atoms with Gasteiger partial charge in [-0.25, -0.2) is 9.37 Å². The van der Waals surface area contributed by atoms with Gasteiger partial charge in [-0.1, -0.05) is 12.1 Å². The summed E-state index contributed by atoms with van der Waals surface area (Å²) >= 11 is 5.18. The number of rotatable bonds is 3. The molecular weight excluding hydrogens is 391 g/mol. The molecule has 2 N–H and O–H groups in total. The Labute approximate surface area is 170 Å². The maximum Gasteiger partial charge on any atom is 0.260 e. The van der Waals surface area contributed by atoms with Gasteiger partial charge in [-0.3, -0.25) is 10.1 Å². The number of aryl methyl sites for hydroxylation is 1. The van der Waals surface area contributed by atoms with E-state index < -0.39 is 11.7 Å². The van der Waals surface area contributed by atoms with E-state index in [1.54, 1.807) is 30.5 Å². The van der Waals surface area contributed by atoms with E-state index in [4.69, 9.17) is 16.6 Å². The van der Waals surface area contributed by atoms with E-state index in [0.29, 0.717) is 22.8 Å². The molecule has 4 rings (SSSR count). The first-order valence-corrected chi connectivity index (χ1v) is 9.11. The molecule has 0 saturated heterocycles. The predicted molar refractivity (Wildman–Crippen MR) is 112 cm³/mol. The van der Waals surface area contributed by atoms with E-state index in [9.17, 15) is 9.18 Å². The number of nitrogens with zero attached hydrogens (tertiary/aromatic N) is 2. The van der Waals surface area contributed by atoms with Crippen molar-refractivity contribution in [2.24, 2.45) is 0 Å². The number of carbonyl (C=O) groups is 1. The van der Waals surface area contributed by atoms with Crippen LogP contribution < -0.4 is 10.6 Å². The van der Waals surface area contributed by atoms with Gasteiger partial charge in [-0.15, -0.1) is 0 Å². The van der Waals surface area contributed by atoms with Gasteiger partial charge in [-0.05, 0) is 67.2 Å². The summed E-state index contributed by atoms with van der Waals surface area (Å²) in [6.45, 7) is 1.88. The van der Waals surface area contributed by atoms with Crippen LogP contribution in [0.1, 0.15) is 15.9 Å². The third-order valence-electron chi connectivity index (χ3n) is 4.23. The zero-order valence-corrected chi connectivity index (χ0v) is 16.1. The number of thiocarbonyl (C=S) groups is 1. The first kappa shape index (κ1) is 18.7. The van der Waals surface area contributed by atoms with Gasteiger partial charge in [-0.2, -0.15) is 4.98 Å². The Bertz CT molecular complexity index is 1210. The fraction of sp³-hybridized carbons (Fsp3) is 0.0476. The standard InChI is InChI=1S/C21H15FN4O2S/c1-12-11-13(20-25-18-17(28-20)7-4-10-23-18)8-9-16(12)24-21(29)26-19(27)14-5-2-3-6-15(14)22/h2-11H,1H3,(H2,24,26,27,29). The molecule has 8 heteroatoms. The third kappa shape index (κ3) is 3.97. The largest absolute Gasteiger partial charge is 0.434 e. The van der Waals surface area contributed by atoms with E-state index in [0.717, 1.165) is 11.1 Å². The van der Waals surface area contributed by atoms with E-state index in [2.05, 4.69) is 20.6 Å². The van der Waals surface area contributed by atoms with Gasteiger partial charge in [0.2, 0.25) is 5.89 Å². The highest BCUT2D eigenvalue weighted by Crippen LogP contribution is 2.26. The molecular formula is C21H15FN4O2S. The van der Waals surface area contributed by atoms with E-state index in [1.165, 1.54) is 18.2 Å². The lowest BCUT2D eigenvalue weighted by atomic mass is 10.1. The number of hydrogen-bond acceptors (Lipinski definition) is 5. The molecule has 0 atom stereocenters. The van der Waals surface area contributed by atoms with Gasteiger partial charge in [0, 0.05) is 17.4 Å². The van der Waals surface area contributed by atoms with Crippen LogP contribution >= 0.6 is 12.2 Å². The molecule has 0 aliphatic rings. The van der Waals surface area contributed by atoms with Crippen molar-refractivity contribution in [1.82, 2.24) is 15.3 Å². The summed E-state index contributed by atoms with van der Waals surface area (Å²) in [5.41, 5.74) is 3.42. The predicted octanol–water partition coefficient (Wildman–Crippen LogP) is 4.46. The molecule has 0 saturated carbocycles.